The van der Waals surface area contributed by atoms with Crippen LogP contribution in [0.4, 0.5) is 4.39 Å². The Morgan fingerprint density at radius 3 is 2.50 bits per heavy atom. The van der Waals surface area contributed by atoms with E-state index in [0.29, 0.717) is 17.1 Å². The second kappa shape index (κ2) is 8.26. The molecule has 0 saturated carbocycles. The van der Waals surface area contributed by atoms with Gasteiger partial charge in [0.15, 0.2) is 17.6 Å². The number of hydrogen-bond donors (Lipinski definition) is 0. The normalized spacial score (nSPS) is 11.8. The maximum Gasteiger partial charge on any atom is 0.339 e. The topological polar surface area (TPSA) is 83.7 Å². The Balaban J connectivity index is 1.76. The SMILES string of the molecule is COc1cc(C(=O)O[C@H](C)c2nnc(-c3ccc(F)cc3)o2)cc(Cl)c1OC. The van der Waals surface area contributed by atoms with E-state index in [0.717, 1.165) is 0 Å². The fourth-order valence-electron chi connectivity index (χ4n) is 2.42. The molecular formula is C19H16ClFN2O5. The average molecular weight is 407 g/mol. The number of nitrogens with zero attached hydrogens (tertiary/aromatic N) is 2. The first-order valence-corrected chi connectivity index (χ1v) is 8.52. The predicted octanol–water partition coefficient (Wildman–Crippen LogP) is 4.46. The van der Waals surface area contributed by atoms with Gasteiger partial charge in [0, 0.05) is 5.56 Å². The summed E-state index contributed by atoms with van der Waals surface area (Å²) in [5, 5.41) is 7.98. The van der Waals surface area contributed by atoms with E-state index in [9.17, 15) is 9.18 Å². The van der Waals surface area contributed by atoms with E-state index < -0.39 is 12.1 Å². The lowest BCUT2D eigenvalue weighted by atomic mass is 10.2. The molecule has 0 N–H and O–H groups in total. The molecule has 0 aliphatic heterocycles. The summed E-state index contributed by atoms with van der Waals surface area (Å²) in [7, 11) is 2.87. The van der Waals surface area contributed by atoms with Crippen molar-refractivity contribution >= 4 is 17.6 Å². The van der Waals surface area contributed by atoms with Gasteiger partial charge in [0.1, 0.15) is 5.82 Å². The molecule has 28 heavy (non-hydrogen) atoms. The highest BCUT2D eigenvalue weighted by Gasteiger charge is 2.22. The Labute approximate surface area is 165 Å². The fraction of sp³-hybridized carbons (Fsp3) is 0.211. The Bertz CT molecular complexity index is 990. The van der Waals surface area contributed by atoms with Gasteiger partial charge >= 0.3 is 5.97 Å². The summed E-state index contributed by atoms with van der Waals surface area (Å²) >= 11 is 6.11. The molecule has 3 aromatic rings. The van der Waals surface area contributed by atoms with Crippen molar-refractivity contribution in [2.24, 2.45) is 0 Å². The van der Waals surface area contributed by atoms with E-state index >= 15 is 0 Å². The standard InChI is InChI=1S/C19H16ClFN2O5/c1-10(17-22-23-18(28-17)11-4-6-13(21)7-5-11)27-19(24)12-8-14(20)16(26-3)15(9-12)25-2/h4-10H,1-3H3/t10-/m1/s1. The van der Waals surface area contributed by atoms with Crippen LogP contribution in [0.1, 0.15) is 29.3 Å². The number of benzene rings is 2. The number of aromatic nitrogens is 2. The van der Waals surface area contributed by atoms with Crippen LogP contribution in [0.25, 0.3) is 11.5 Å². The summed E-state index contributed by atoms with van der Waals surface area (Å²) < 4.78 is 34.2. The molecule has 1 atom stereocenters. The molecule has 0 fully saturated rings. The lowest BCUT2D eigenvalue weighted by molar-refractivity contribution is 0.0279. The number of methoxy groups -OCH3 is 2. The highest BCUT2D eigenvalue weighted by atomic mass is 35.5. The Hall–Kier alpha value is -3.13. The number of rotatable bonds is 6. The Morgan fingerprint density at radius 2 is 1.86 bits per heavy atom. The fourth-order valence-corrected chi connectivity index (χ4v) is 2.71. The quantitative estimate of drug-likeness (QED) is 0.558. The van der Waals surface area contributed by atoms with Crippen molar-refractivity contribution < 1.29 is 27.8 Å². The minimum absolute atomic E-state index is 0.0965. The van der Waals surface area contributed by atoms with Gasteiger partial charge in [-0.05, 0) is 43.3 Å². The number of ether oxygens (including phenoxy) is 3. The van der Waals surface area contributed by atoms with Gasteiger partial charge in [-0.2, -0.15) is 0 Å². The van der Waals surface area contributed by atoms with E-state index in [4.69, 9.17) is 30.2 Å². The van der Waals surface area contributed by atoms with Crippen molar-refractivity contribution in [3.63, 3.8) is 0 Å². The summed E-state index contributed by atoms with van der Waals surface area (Å²) in [6.45, 7) is 1.59. The molecule has 0 unspecified atom stereocenters. The van der Waals surface area contributed by atoms with Crippen molar-refractivity contribution in [1.29, 1.82) is 0 Å². The van der Waals surface area contributed by atoms with Crippen LogP contribution >= 0.6 is 11.6 Å². The largest absolute Gasteiger partial charge is 0.493 e. The summed E-state index contributed by atoms with van der Waals surface area (Å²) in [4.78, 5) is 12.5. The van der Waals surface area contributed by atoms with Crippen LogP contribution < -0.4 is 9.47 Å². The van der Waals surface area contributed by atoms with Crippen LogP contribution in [0.3, 0.4) is 0 Å². The third kappa shape index (κ3) is 4.07. The van der Waals surface area contributed by atoms with Crippen LogP contribution in [0.2, 0.25) is 5.02 Å². The van der Waals surface area contributed by atoms with Gasteiger partial charge < -0.3 is 18.6 Å². The lowest BCUT2D eigenvalue weighted by Crippen LogP contribution is -2.10. The van der Waals surface area contributed by atoms with Crippen LogP contribution in [0, 0.1) is 5.82 Å². The molecule has 0 amide bonds. The number of carbonyl (C=O) groups excluding carboxylic acids is 1. The number of hydrogen-bond acceptors (Lipinski definition) is 7. The van der Waals surface area contributed by atoms with Crippen LogP contribution in [-0.2, 0) is 4.74 Å². The van der Waals surface area contributed by atoms with E-state index in [-0.39, 0.29) is 28.2 Å². The zero-order valence-corrected chi connectivity index (χ0v) is 16.0. The monoisotopic (exact) mass is 406 g/mol. The smallest absolute Gasteiger partial charge is 0.339 e. The molecule has 0 spiro atoms. The Kier molecular flexibility index (Phi) is 5.79. The van der Waals surface area contributed by atoms with Gasteiger partial charge in [-0.1, -0.05) is 11.6 Å². The molecule has 0 saturated heterocycles. The van der Waals surface area contributed by atoms with Crippen molar-refractivity contribution in [3.8, 4) is 23.0 Å². The third-order valence-corrected chi connectivity index (χ3v) is 4.11. The zero-order chi connectivity index (χ0) is 20.3. The van der Waals surface area contributed by atoms with Gasteiger partial charge in [-0.3, -0.25) is 0 Å². The van der Waals surface area contributed by atoms with E-state index in [1.807, 2.05) is 0 Å². The molecule has 0 aliphatic rings. The van der Waals surface area contributed by atoms with E-state index in [1.165, 1.54) is 50.6 Å². The summed E-state index contributed by atoms with van der Waals surface area (Å²) in [6, 6.07) is 8.45. The zero-order valence-electron chi connectivity index (χ0n) is 15.2. The highest BCUT2D eigenvalue weighted by Crippen LogP contribution is 2.36. The van der Waals surface area contributed by atoms with Gasteiger partial charge in [0.05, 0.1) is 24.8 Å². The van der Waals surface area contributed by atoms with Gasteiger partial charge in [-0.25, -0.2) is 9.18 Å². The van der Waals surface area contributed by atoms with Crippen molar-refractivity contribution in [2.45, 2.75) is 13.0 Å². The van der Waals surface area contributed by atoms with E-state index in [1.54, 1.807) is 6.92 Å². The number of esters is 1. The molecule has 9 heteroatoms. The van der Waals surface area contributed by atoms with E-state index in [2.05, 4.69) is 10.2 Å². The lowest BCUT2D eigenvalue weighted by Gasteiger charge is -2.13. The molecule has 1 aromatic heterocycles. The van der Waals surface area contributed by atoms with Crippen LogP contribution in [0.5, 0.6) is 11.5 Å². The minimum Gasteiger partial charge on any atom is -0.493 e. The molecule has 2 aromatic carbocycles. The molecular weight excluding hydrogens is 391 g/mol. The Morgan fingerprint density at radius 1 is 1.14 bits per heavy atom. The third-order valence-electron chi connectivity index (χ3n) is 3.83. The maximum absolute atomic E-state index is 13.0. The molecule has 0 aliphatic carbocycles. The highest BCUT2D eigenvalue weighted by molar-refractivity contribution is 6.32. The average Bonchev–Trinajstić information content (AvgIpc) is 3.18. The first kappa shape index (κ1) is 19.6. The molecule has 146 valence electrons. The number of carbonyl (C=O) groups is 1. The van der Waals surface area contributed by atoms with Gasteiger partial charge in [0.25, 0.3) is 5.89 Å². The molecule has 0 radical (unpaired) electrons. The second-order valence-electron chi connectivity index (χ2n) is 5.69. The summed E-state index contributed by atoms with van der Waals surface area (Å²) in [5.74, 6) is -0.136. The predicted molar refractivity (Wildman–Crippen MR) is 98.1 cm³/mol. The van der Waals surface area contributed by atoms with Crippen molar-refractivity contribution in [3.05, 3.63) is 58.7 Å². The summed E-state index contributed by atoms with van der Waals surface area (Å²) in [6.07, 6.45) is -0.818. The first-order chi connectivity index (χ1) is 13.4. The molecule has 3 rings (SSSR count). The van der Waals surface area contributed by atoms with Gasteiger partial charge in [-0.15, -0.1) is 10.2 Å². The maximum atomic E-state index is 13.0. The molecule has 1 heterocycles. The minimum atomic E-state index is -0.818. The van der Waals surface area contributed by atoms with Crippen LogP contribution in [-0.4, -0.2) is 30.4 Å². The number of halogens is 2. The first-order valence-electron chi connectivity index (χ1n) is 8.14. The van der Waals surface area contributed by atoms with Crippen LogP contribution in [0.15, 0.2) is 40.8 Å². The molecule has 0 bridgehead atoms. The van der Waals surface area contributed by atoms with Crippen molar-refractivity contribution in [1.82, 2.24) is 10.2 Å². The second-order valence-corrected chi connectivity index (χ2v) is 6.10. The van der Waals surface area contributed by atoms with Crippen molar-refractivity contribution in [2.75, 3.05) is 14.2 Å². The summed E-state index contributed by atoms with van der Waals surface area (Å²) in [5.41, 5.74) is 0.720. The van der Waals surface area contributed by atoms with Gasteiger partial charge in [0.2, 0.25) is 5.89 Å². The molecule has 7 nitrogen and oxygen atoms in total.